The first-order chi connectivity index (χ1) is 11.0. The number of nitrogens with zero attached hydrogens (tertiary/aromatic N) is 1. The summed E-state index contributed by atoms with van der Waals surface area (Å²) in [5.74, 6) is 0.251. The quantitative estimate of drug-likeness (QED) is 0.837. The fraction of sp³-hybridized carbons (Fsp3) is 0.944. The Bertz CT molecular complexity index is 442. The van der Waals surface area contributed by atoms with E-state index in [2.05, 4.69) is 20.8 Å². The van der Waals surface area contributed by atoms with Gasteiger partial charge < -0.3 is 10.0 Å². The molecule has 0 aromatic rings. The molecule has 2 aliphatic rings. The second-order valence-electron chi connectivity index (χ2n) is 8.69. The Hall–Kier alpha value is -0.780. The SMILES string of the molecule is CC1CC(CC(=O)N2CCC(C(O)C(F)(F)F)CC2)CC(C)(C)C1. The first-order valence-electron chi connectivity index (χ1n) is 9.00. The van der Waals surface area contributed by atoms with Gasteiger partial charge in [-0.15, -0.1) is 0 Å². The lowest BCUT2D eigenvalue weighted by atomic mass is 9.67. The number of likely N-dealkylation sites (tertiary alicyclic amines) is 1. The van der Waals surface area contributed by atoms with Crippen LogP contribution in [0.1, 0.15) is 59.3 Å². The summed E-state index contributed by atoms with van der Waals surface area (Å²) in [5.41, 5.74) is 0.256. The fourth-order valence-corrected chi connectivity index (χ4v) is 4.81. The van der Waals surface area contributed by atoms with Gasteiger partial charge in [0.25, 0.3) is 0 Å². The summed E-state index contributed by atoms with van der Waals surface area (Å²) in [6.07, 6.45) is -2.63. The Kier molecular flexibility index (Phi) is 5.88. The van der Waals surface area contributed by atoms with Crippen molar-refractivity contribution < 1.29 is 23.1 Å². The number of hydrogen-bond acceptors (Lipinski definition) is 2. The number of amides is 1. The van der Waals surface area contributed by atoms with Crippen LogP contribution in [0.25, 0.3) is 0 Å². The van der Waals surface area contributed by atoms with E-state index in [1.165, 1.54) is 6.42 Å². The van der Waals surface area contributed by atoms with Crippen molar-refractivity contribution in [2.75, 3.05) is 13.1 Å². The van der Waals surface area contributed by atoms with Gasteiger partial charge in [0.15, 0.2) is 6.10 Å². The summed E-state index contributed by atoms with van der Waals surface area (Å²) in [4.78, 5) is 14.2. The third-order valence-electron chi connectivity index (χ3n) is 5.62. The fourth-order valence-electron chi connectivity index (χ4n) is 4.81. The minimum Gasteiger partial charge on any atom is -0.383 e. The number of aliphatic hydroxyl groups excluding tert-OH is 1. The predicted octanol–water partition coefficient (Wildman–Crippen LogP) is 4.00. The van der Waals surface area contributed by atoms with Gasteiger partial charge in [-0.05, 0) is 55.3 Å². The van der Waals surface area contributed by atoms with Crippen molar-refractivity contribution in [3.8, 4) is 0 Å². The third-order valence-corrected chi connectivity index (χ3v) is 5.62. The van der Waals surface area contributed by atoms with E-state index in [1.807, 2.05) is 0 Å². The number of rotatable bonds is 3. The molecule has 140 valence electrons. The van der Waals surface area contributed by atoms with E-state index < -0.39 is 18.2 Å². The largest absolute Gasteiger partial charge is 0.414 e. The van der Waals surface area contributed by atoms with Crippen LogP contribution < -0.4 is 0 Å². The number of alkyl halides is 3. The second kappa shape index (κ2) is 7.22. The van der Waals surface area contributed by atoms with Crippen molar-refractivity contribution in [1.82, 2.24) is 4.90 Å². The maximum absolute atomic E-state index is 12.6. The average molecular weight is 349 g/mol. The molecular formula is C18H30F3NO2. The van der Waals surface area contributed by atoms with Gasteiger partial charge in [-0.1, -0.05) is 20.8 Å². The molecule has 2 rings (SSSR count). The lowest BCUT2D eigenvalue weighted by molar-refractivity contribution is -0.222. The van der Waals surface area contributed by atoms with Crippen molar-refractivity contribution in [3.05, 3.63) is 0 Å². The lowest BCUT2D eigenvalue weighted by Crippen LogP contribution is -2.45. The summed E-state index contributed by atoms with van der Waals surface area (Å²) in [6, 6.07) is 0. The van der Waals surface area contributed by atoms with Gasteiger partial charge in [0.05, 0.1) is 0 Å². The first-order valence-corrected chi connectivity index (χ1v) is 9.00. The van der Waals surface area contributed by atoms with Crippen LogP contribution in [0.15, 0.2) is 0 Å². The zero-order valence-corrected chi connectivity index (χ0v) is 14.9. The van der Waals surface area contributed by atoms with Crippen LogP contribution in [0.2, 0.25) is 0 Å². The molecule has 0 aromatic heterocycles. The standard InChI is InChI=1S/C18H30F3NO2/c1-12-8-13(11-17(2,3)10-12)9-15(23)22-6-4-14(5-7-22)16(24)18(19,20)21/h12-14,16,24H,4-11H2,1-3H3. The molecule has 1 saturated heterocycles. The van der Waals surface area contributed by atoms with Crippen LogP contribution in [0.3, 0.4) is 0 Å². The molecule has 1 amide bonds. The molecule has 6 heteroatoms. The highest BCUT2D eigenvalue weighted by Gasteiger charge is 2.44. The van der Waals surface area contributed by atoms with Crippen LogP contribution in [-0.2, 0) is 4.79 Å². The normalized spacial score (nSPS) is 30.2. The Morgan fingerprint density at radius 3 is 2.33 bits per heavy atom. The summed E-state index contributed by atoms with van der Waals surface area (Å²) >= 11 is 0. The maximum atomic E-state index is 12.6. The van der Waals surface area contributed by atoms with Crippen molar-refractivity contribution in [2.45, 2.75) is 71.6 Å². The number of hydrogen-bond donors (Lipinski definition) is 1. The minimum absolute atomic E-state index is 0.0600. The topological polar surface area (TPSA) is 40.5 Å². The number of carbonyl (C=O) groups is 1. The molecule has 1 aliphatic carbocycles. The van der Waals surface area contributed by atoms with Gasteiger partial charge in [0.2, 0.25) is 5.91 Å². The Morgan fingerprint density at radius 2 is 1.83 bits per heavy atom. The van der Waals surface area contributed by atoms with Gasteiger partial charge in [-0.3, -0.25) is 4.79 Å². The van der Waals surface area contributed by atoms with Crippen LogP contribution in [0.5, 0.6) is 0 Å². The molecular weight excluding hydrogens is 319 g/mol. The zero-order valence-electron chi connectivity index (χ0n) is 14.9. The maximum Gasteiger partial charge on any atom is 0.414 e. The van der Waals surface area contributed by atoms with Crippen LogP contribution in [0.4, 0.5) is 13.2 Å². The molecule has 1 saturated carbocycles. The monoisotopic (exact) mass is 349 g/mol. The molecule has 0 radical (unpaired) electrons. The molecule has 3 nitrogen and oxygen atoms in total. The summed E-state index contributed by atoms with van der Waals surface area (Å²) in [7, 11) is 0. The van der Waals surface area contributed by atoms with Gasteiger partial charge >= 0.3 is 6.18 Å². The first kappa shape index (κ1) is 19.5. The van der Waals surface area contributed by atoms with Gasteiger partial charge in [0, 0.05) is 19.5 Å². The number of halogens is 3. The molecule has 0 bridgehead atoms. The lowest BCUT2D eigenvalue weighted by Gasteiger charge is -2.40. The van der Waals surface area contributed by atoms with Gasteiger partial charge in [0.1, 0.15) is 0 Å². The van der Waals surface area contributed by atoms with Crippen LogP contribution in [0, 0.1) is 23.2 Å². The minimum atomic E-state index is -4.57. The smallest absolute Gasteiger partial charge is 0.383 e. The van der Waals surface area contributed by atoms with E-state index in [0.717, 1.165) is 12.8 Å². The molecule has 1 N–H and O–H groups in total. The predicted molar refractivity (Wildman–Crippen MR) is 86.3 cm³/mol. The highest BCUT2D eigenvalue weighted by molar-refractivity contribution is 5.76. The zero-order chi connectivity index (χ0) is 18.1. The van der Waals surface area contributed by atoms with Crippen molar-refractivity contribution in [3.63, 3.8) is 0 Å². The van der Waals surface area contributed by atoms with Crippen molar-refractivity contribution >= 4 is 5.91 Å². The third kappa shape index (κ3) is 5.11. The second-order valence-corrected chi connectivity index (χ2v) is 8.69. The molecule has 1 aliphatic heterocycles. The highest BCUT2D eigenvalue weighted by Crippen LogP contribution is 2.43. The number of carbonyl (C=O) groups excluding carboxylic acids is 1. The molecule has 24 heavy (non-hydrogen) atoms. The van der Waals surface area contributed by atoms with E-state index in [-0.39, 0.29) is 24.2 Å². The molecule has 1 heterocycles. The molecule has 0 spiro atoms. The van der Waals surface area contributed by atoms with Gasteiger partial charge in [-0.25, -0.2) is 0 Å². The van der Waals surface area contributed by atoms with E-state index >= 15 is 0 Å². The van der Waals surface area contributed by atoms with E-state index in [9.17, 15) is 23.1 Å². The highest BCUT2D eigenvalue weighted by atomic mass is 19.4. The van der Waals surface area contributed by atoms with E-state index in [1.54, 1.807) is 4.90 Å². The van der Waals surface area contributed by atoms with Gasteiger partial charge in [-0.2, -0.15) is 13.2 Å². The van der Waals surface area contributed by atoms with Crippen LogP contribution >= 0.6 is 0 Å². The van der Waals surface area contributed by atoms with Crippen molar-refractivity contribution in [2.24, 2.45) is 23.2 Å². The Labute approximate surface area is 142 Å². The van der Waals surface area contributed by atoms with Crippen molar-refractivity contribution in [1.29, 1.82) is 0 Å². The molecule has 0 aromatic carbocycles. The Balaban J connectivity index is 1.83. The van der Waals surface area contributed by atoms with E-state index in [0.29, 0.717) is 31.3 Å². The van der Waals surface area contributed by atoms with E-state index in [4.69, 9.17) is 0 Å². The van der Waals surface area contributed by atoms with Crippen LogP contribution in [-0.4, -0.2) is 41.3 Å². The Morgan fingerprint density at radius 1 is 1.25 bits per heavy atom. The molecule has 2 fully saturated rings. The summed E-state index contributed by atoms with van der Waals surface area (Å²) in [5, 5.41) is 9.35. The molecule has 3 unspecified atom stereocenters. The average Bonchev–Trinajstić information content (AvgIpc) is 2.43. The number of aliphatic hydroxyl groups is 1. The number of piperidine rings is 1. The molecule has 3 atom stereocenters. The summed E-state index contributed by atoms with van der Waals surface area (Å²) < 4.78 is 37.7. The summed E-state index contributed by atoms with van der Waals surface area (Å²) in [6.45, 7) is 7.35.